The van der Waals surface area contributed by atoms with Crippen LogP contribution in [0.4, 0.5) is 0 Å². The standard InChI is InChI=1S/C11H12ClNO2S/c12-4-1-5-13-6-2-9-8(3-7-16-9)10(13)11(14)15/h1,3-4,7,10H,2,5-6H2,(H,14,15). The highest BCUT2D eigenvalue weighted by Crippen LogP contribution is 2.33. The molecule has 1 atom stereocenters. The lowest BCUT2D eigenvalue weighted by Gasteiger charge is -2.32. The van der Waals surface area contributed by atoms with Crippen LogP contribution in [0.2, 0.25) is 0 Å². The van der Waals surface area contributed by atoms with Crippen molar-refractivity contribution < 1.29 is 9.90 Å². The van der Waals surface area contributed by atoms with E-state index < -0.39 is 12.0 Å². The lowest BCUT2D eigenvalue weighted by atomic mass is 10.0. The van der Waals surface area contributed by atoms with E-state index in [1.165, 1.54) is 10.4 Å². The normalized spacial score (nSPS) is 21.2. The van der Waals surface area contributed by atoms with Gasteiger partial charge in [-0.2, -0.15) is 0 Å². The Bertz CT molecular complexity index is 416. The Hall–Kier alpha value is -0.840. The van der Waals surface area contributed by atoms with Crippen molar-refractivity contribution in [2.75, 3.05) is 13.1 Å². The number of aliphatic carboxylic acids is 1. The number of carbonyl (C=O) groups is 1. The fourth-order valence-corrected chi connectivity index (χ4v) is 3.01. The van der Waals surface area contributed by atoms with Crippen molar-refractivity contribution in [1.82, 2.24) is 4.90 Å². The molecule has 86 valence electrons. The Morgan fingerprint density at radius 1 is 1.75 bits per heavy atom. The summed E-state index contributed by atoms with van der Waals surface area (Å²) in [5, 5.41) is 11.2. The maximum atomic E-state index is 11.3. The molecule has 0 fully saturated rings. The molecular weight excluding hydrogens is 246 g/mol. The van der Waals surface area contributed by atoms with E-state index in [0.717, 1.165) is 18.5 Å². The van der Waals surface area contributed by atoms with Crippen molar-refractivity contribution in [1.29, 1.82) is 0 Å². The number of fused-ring (bicyclic) bond motifs is 1. The van der Waals surface area contributed by atoms with E-state index in [4.69, 9.17) is 11.6 Å². The third-order valence-corrected chi connectivity index (χ3v) is 3.90. The predicted octanol–water partition coefficient (Wildman–Crippen LogP) is 2.48. The third kappa shape index (κ3) is 2.14. The first kappa shape index (κ1) is 11.6. The Kier molecular flexibility index (Phi) is 3.63. The molecule has 1 aromatic heterocycles. The summed E-state index contributed by atoms with van der Waals surface area (Å²) in [5.74, 6) is -0.790. The topological polar surface area (TPSA) is 40.5 Å². The van der Waals surface area contributed by atoms with Gasteiger partial charge in [0.25, 0.3) is 0 Å². The van der Waals surface area contributed by atoms with E-state index in [0.29, 0.717) is 6.54 Å². The fraction of sp³-hybridized carbons (Fsp3) is 0.364. The molecule has 3 nitrogen and oxygen atoms in total. The maximum absolute atomic E-state index is 11.3. The van der Waals surface area contributed by atoms with Crippen LogP contribution < -0.4 is 0 Å². The van der Waals surface area contributed by atoms with Gasteiger partial charge in [0, 0.05) is 23.5 Å². The zero-order chi connectivity index (χ0) is 11.5. The highest BCUT2D eigenvalue weighted by Gasteiger charge is 2.32. The van der Waals surface area contributed by atoms with Crippen LogP contribution in [0.15, 0.2) is 23.1 Å². The molecule has 1 aliphatic heterocycles. The molecule has 16 heavy (non-hydrogen) atoms. The number of nitrogens with zero attached hydrogens (tertiary/aromatic N) is 1. The summed E-state index contributed by atoms with van der Waals surface area (Å²) in [6.45, 7) is 1.35. The van der Waals surface area contributed by atoms with Crippen molar-refractivity contribution >= 4 is 28.9 Å². The lowest BCUT2D eigenvalue weighted by molar-refractivity contribution is -0.143. The number of carboxylic acids is 1. The van der Waals surface area contributed by atoms with Crippen LogP contribution in [0.1, 0.15) is 16.5 Å². The van der Waals surface area contributed by atoms with E-state index in [9.17, 15) is 9.90 Å². The molecule has 0 radical (unpaired) electrons. The van der Waals surface area contributed by atoms with Gasteiger partial charge in [-0.1, -0.05) is 17.7 Å². The Labute approximate surface area is 103 Å². The Morgan fingerprint density at radius 2 is 2.56 bits per heavy atom. The van der Waals surface area contributed by atoms with Crippen molar-refractivity contribution in [3.63, 3.8) is 0 Å². The minimum atomic E-state index is -0.790. The number of halogens is 1. The smallest absolute Gasteiger partial charge is 0.325 e. The van der Waals surface area contributed by atoms with Gasteiger partial charge in [-0.05, 0) is 23.4 Å². The van der Waals surface area contributed by atoms with Crippen molar-refractivity contribution in [2.24, 2.45) is 0 Å². The second kappa shape index (κ2) is 4.99. The van der Waals surface area contributed by atoms with Crippen molar-refractivity contribution in [2.45, 2.75) is 12.5 Å². The third-order valence-electron chi connectivity index (χ3n) is 2.73. The second-order valence-electron chi connectivity index (χ2n) is 3.65. The highest BCUT2D eigenvalue weighted by molar-refractivity contribution is 7.10. The molecule has 0 spiro atoms. The lowest BCUT2D eigenvalue weighted by Crippen LogP contribution is -2.39. The van der Waals surface area contributed by atoms with Gasteiger partial charge in [0.05, 0.1) is 0 Å². The molecule has 1 N–H and O–H groups in total. The minimum Gasteiger partial charge on any atom is -0.480 e. The van der Waals surface area contributed by atoms with E-state index in [1.807, 2.05) is 16.3 Å². The first-order valence-corrected chi connectivity index (χ1v) is 6.34. The number of thiophene rings is 1. The summed E-state index contributed by atoms with van der Waals surface area (Å²) >= 11 is 7.11. The Balaban J connectivity index is 2.27. The van der Waals surface area contributed by atoms with E-state index in [-0.39, 0.29) is 0 Å². The highest BCUT2D eigenvalue weighted by atomic mass is 35.5. The molecule has 1 aromatic rings. The summed E-state index contributed by atoms with van der Waals surface area (Å²) in [5.41, 5.74) is 2.37. The van der Waals surface area contributed by atoms with Gasteiger partial charge in [-0.3, -0.25) is 9.69 Å². The average Bonchev–Trinajstić information content (AvgIpc) is 2.72. The second-order valence-corrected chi connectivity index (χ2v) is 4.90. The quantitative estimate of drug-likeness (QED) is 0.905. The average molecular weight is 258 g/mol. The van der Waals surface area contributed by atoms with Crippen LogP contribution in [0, 0.1) is 0 Å². The zero-order valence-corrected chi connectivity index (χ0v) is 10.2. The fourth-order valence-electron chi connectivity index (χ4n) is 2.03. The molecule has 2 rings (SSSR count). The SMILES string of the molecule is O=C(O)C1c2ccsc2CCN1CC=CCl. The monoisotopic (exact) mass is 257 g/mol. The van der Waals surface area contributed by atoms with Crippen molar-refractivity contribution in [3.05, 3.63) is 33.5 Å². The molecule has 0 aromatic carbocycles. The van der Waals surface area contributed by atoms with Gasteiger partial charge in [-0.25, -0.2) is 0 Å². The van der Waals surface area contributed by atoms with Gasteiger partial charge >= 0.3 is 5.97 Å². The number of rotatable bonds is 3. The zero-order valence-electron chi connectivity index (χ0n) is 8.60. The van der Waals surface area contributed by atoms with E-state index in [2.05, 4.69) is 0 Å². The van der Waals surface area contributed by atoms with Crippen LogP contribution >= 0.6 is 22.9 Å². The summed E-state index contributed by atoms with van der Waals surface area (Å²) in [6.07, 6.45) is 2.70. The molecule has 0 amide bonds. The molecule has 0 saturated heterocycles. The summed E-state index contributed by atoms with van der Waals surface area (Å²) in [6, 6.07) is 1.39. The van der Waals surface area contributed by atoms with Gasteiger partial charge in [-0.15, -0.1) is 11.3 Å². The van der Waals surface area contributed by atoms with Gasteiger partial charge < -0.3 is 5.11 Å². The van der Waals surface area contributed by atoms with Gasteiger partial charge in [0.2, 0.25) is 0 Å². The number of hydrogen-bond donors (Lipinski definition) is 1. The predicted molar refractivity (Wildman–Crippen MR) is 65.0 cm³/mol. The molecule has 2 heterocycles. The van der Waals surface area contributed by atoms with Crippen LogP contribution in [0.25, 0.3) is 0 Å². The maximum Gasteiger partial charge on any atom is 0.325 e. The summed E-state index contributed by atoms with van der Waals surface area (Å²) < 4.78 is 0. The minimum absolute atomic E-state index is 0.525. The largest absolute Gasteiger partial charge is 0.480 e. The van der Waals surface area contributed by atoms with Crippen LogP contribution in [0.3, 0.4) is 0 Å². The molecule has 0 aliphatic carbocycles. The van der Waals surface area contributed by atoms with Crippen LogP contribution in [-0.2, 0) is 11.2 Å². The van der Waals surface area contributed by atoms with Crippen LogP contribution in [-0.4, -0.2) is 29.1 Å². The first-order valence-electron chi connectivity index (χ1n) is 5.02. The van der Waals surface area contributed by atoms with E-state index >= 15 is 0 Å². The Morgan fingerprint density at radius 3 is 3.25 bits per heavy atom. The van der Waals surface area contributed by atoms with E-state index in [1.54, 1.807) is 17.4 Å². The van der Waals surface area contributed by atoms with Crippen molar-refractivity contribution in [3.8, 4) is 0 Å². The van der Waals surface area contributed by atoms with Crippen LogP contribution in [0.5, 0.6) is 0 Å². The number of carboxylic acid groups (broad SMARTS) is 1. The molecular formula is C11H12ClNO2S. The molecule has 1 unspecified atom stereocenters. The summed E-state index contributed by atoms with van der Waals surface area (Å²) in [4.78, 5) is 14.4. The molecule has 5 heteroatoms. The first-order chi connectivity index (χ1) is 7.74. The molecule has 0 bridgehead atoms. The van der Waals surface area contributed by atoms with Gasteiger partial charge in [0.15, 0.2) is 0 Å². The molecule has 0 saturated carbocycles. The van der Waals surface area contributed by atoms with Gasteiger partial charge in [0.1, 0.15) is 6.04 Å². The summed E-state index contributed by atoms with van der Waals surface area (Å²) in [7, 11) is 0. The number of hydrogen-bond acceptors (Lipinski definition) is 3. The molecule has 1 aliphatic rings.